The van der Waals surface area contributed by atoms with Gasteiger partial charge in [0.25, 0.3) is 0 Å². The number of hydrogen-bond acceptors (Lipinski definition) is 4. The zero-order valence-corrected chi connectivity index (χ0v) is 15.4. The number of ether oxygens (including phenoxy) is 2. The van der Waals surface area contributed by atoms with Gasteiger partial charge in [-0.2, -0.15) is 0 Å². The van der Waals surface area contributed by atoms with E-state index >= 15 is 0 Å². The van der Waals surface area contributed by atoms with Crippen LogP contribution in [0.5, 0.6) is 0 Å². The maximum Gasteiger partial charge on any atom is 0.190 e. The Morgan fingerprint density at radius 2 is 1.96 bits per heavy atom. The van der Waals surface area contributed by atoms with Crippen LogP contribution in [0.15, 0.2) is 4.99 Å². The number of morpholine rings is 1. The largest absolute Gasteiger partial charge is 0.381 e. The van der Waals surface area contributed by atoms with Crippen molar-refractivity contribution in [3.63, 3.8) is 0 Å². The smallest absolute Gasteiger partial charge is 0.190 e. The van der Waals surface area contributed by atoms with E-state index in [4.69, 9.17) is 9.47 Å². The average molecular weight is 329 g/mol. The van der Waals surface area contributed by atoms with Crippen molar-refractivity contribution in [3.05, 3.63) is 0 Å². The summed E-state index contributed by atoms with van der Waals surface area (Å²) in [7, 11) is 1.82. The maximum atomic E-state index is 5.58. The van der Waals surface area contributed by atoms with Crippen LogP contribution in [0.3, 0.4) is 0 Å². The number of nitrogens with one attached hydrogen (secondary N) is 2. The van der Waals surface area contributed by atoms with Gasteiger partial charge in [-0.25, -0.2) is 0 Å². The molecule has 6 nitrogen and oxygen atoms in total. The zero-order valence-electron chi connectivity index (χ0n) is 15.4. The van der Waals surface area contributed by atoms with Gasteiger partial charge in [-0.15, -0.1) is 0 Å². The fourth-order valence-corrected chi connectivity index (χ4v) is 2.48. The zero-order chi connectivity index (χ0) is 16.9. The molecule has 1 saturated heterocycles. The Balaban J connectivity index is 2.06. The summed E-state index contributed by atoms with van der Waals surface area (Å²) in [6.45, 7) is 15.0. The molecule has 1 aliphatic heterocycles. The molecule has 0 bridgehead atoms. The number of rotatable bonds is 10. The molecule has 23 heavy (non-hydrogen) atoms. The van der Waals surface area contributed by atoms with Crippen LogP contribution in [0, 0.1) is 11.8 Å². The summed E-state index contributed by atoms with van der Waals surface area (Å²) in [5.74, 6) is 2.06. The monoisotopic (exact) mass is 328 g/mol. The van der Waals surface area contributed by atoms with Gasteiger partial charge in [-0.1, -0.05) is 20.8 Å². The van der Waals surface area contributed by atoms with Crippen molar-refractivity contribution in [1.82, 2.24) is 15.5 Å². The number of guanidine groups is 1. The molecule has 0 saturated carbocycles. The maximum absolute atomic E-state index is 5.58. The highest BCUT2D eigenvalue weighted by Gasteiger charge is 2.13. The van der Waals surface area contributed by atoms with Gasteiger partial charge in [0, 0.05) is 53.0 Å². The fourth-order valence-electron chi connectivity index (χ4n) is 2.48. The SMILES string of the molecule is CN=C(NCCCOCC(C)C)NCC(C)CN1CCOCC1. The standard InChI is InChI=1S/C17H36N4O2/c1-15(2)14-23-9-5-6-19-17(18-4)20-12-16(3)13-21-7-10-22-11-8-21/h15-16H,5-14H2,1-4H3,(H2,18,19,20). The number of aliphatic imine (C=N–C) groups is 1. The number of nitrogens with zero attached hydrogens (tertiary/aromatic N) is 2. The van der Waals surface area contributed by atoms with Gasteiger partial charge in [0.1, 0.15) is 0 Å². The lowest BCUT2D eigenvalue weighted by molar-refractivity contribution is 0.0320. The summed E-state index contributed by atoms with van der Waals surface area (Å²) >= 11 is 0. The van der Waals surface area contributed by atoms with E-state index in [0.717, 1.165) is 71.5 Å². The molecule has 0 aliphatic carbocycles. The molecule has 1 rings (SSSR count). The predicted octanol–water partition coefficient (Wildman–Crippen LogP) is 1.18. The van der Waals surface area contributed by atoms with Gasteiger partial charge in [0.05, 0.1) is 13.2 Å². The second-order valence-electron chi connectivity index (χ2n) is 6.72. The van der Waals surface area contributed by atoms with Gasteiger partial charge in [0.2, 0.25) is 0 Å². The first-order valence-electron chi connectivity index (χ1n) is 8.94. The molecule has 6 heteroatoms. The minimum Gasteiger partial charge on any atom is -0.381 e. The highest BCUT2D eigenvalue weighted by molar-refractivity contribution is 5.79. The molecule has 1 atom stereocenters. The lowest BCUT2D eigenvalue weighted by Gasteiger charge is -2.29. The van der Waals surface area contributed by atoms with E-state index in [-0.39, 0.29) is 0 Å². The van der Waals surface area contributed by atoms with E-state index in [1.165, 1.54) is 0 Å². The molecule has 1 aliphatic rings. The Kier molecular flexibility index (Phi) is 11.0. The molecule has 0 aromatic rings. The fraction of sp³-hybridized carbons (Fsp3) is 0.941. The Morgan fingerprint density at radius 3 is 2.61 bits per heavy atom. The van der Waals surface area contributed by atoms with Crippen molar-refractivity contribution in [2.45, 2.75) is 27.2 Å². The van der Waals surface area contributed by atoms with E-state index in [1.54, 1.807) is 0 Å². The molecule has 136 valence electrons. The van der Waals surface area contributed by atoms with Crippen LogP contribution in [0.25, 0.3) is 0 Å². The summed E-state index contributed by atoms with van der Waals surface area (Å²) in [5, 5.41) is 6.75. The van der Waals surface area contributed by atoms with Crippen LogP contribution in [-0.4, -0.2) is 77.1 Å². The van der Waals surface area contributed by atoms with E-state index in [9.17, 15) is 0 Å². The second-order valence-corrected chi connectivity index (χ2v) is 6.72. The molecule has 1 fully saturated rings. The predicted molar refractivity (Wildman–Crippen MR) is 96.1 cm³/mol. The molecule has 2 N–H and O–H groups in total. The molecule has 1 unspecified atom stereocenters. The van der Waals surface area contributed by atoms with Gasteiger partial charge < -0.3 is 20.1 Å². The van der Waals surface area contributed by atoms with Crippen LogP contribution in [0.4, 0.5) is 0 Å². The van der Waals surface area contributed by atoms with E-state index in [1.807, 2.05) is 7.05 Å². The van der Waals surface area contributed by atoms with Crippen molar-refractivity contribution < 1.29 is 9.47 Å². The van der Waals surface area contributed by atoms with Crippen LogP contribution >= 0.6 is 0 Å². The van der Waals surface area contributed by atoms with Crippen molar-refractivity contribution in [3.8, 4) is 0 Å². The van der Waals surface area contributed by atoms with Crippen molar-refractivity contribution >= 4 is 5.96 Å². The Labute approximate surface area is 142 Å². The Hall–Kier alpha value is -0.850. The highest BCUT2D eigenvalue weighted by atomic mass is 16.5. The molecule has 0 spiro atoms. The van der Waals surface area contributed by atoms with Crippen molar-refractivity contribution in [2.75, 3.05) is 66.2 Å². The third-order valence-corrected chi connectivity index (χ3v) is 3.72. The minimum absolute atomic E-state index is 0.584. The summed E-state index contributed by atoms with van der Waals surface area (Å²) in [6.07, 6.45) is 0.997. The average Bonchev–Trinajstić information content (AvgIpc) is 2.54. The van der Waals surface area contributed by atoms with Crippen molar-refractivity contribution in [1.29, 1.82) is 0 Å². The second kappa shape index (κ2) is 12.6. The molecule has 0 amide bonds. The van der Waals surface area contributed by atoms with Gasteiger partial charge in [0.15, 0.2) is 5.96 Å². The minimum atomic E-state index is 0.584. The van der Waals surface area contributed by atoms with Gasteiger partial charge in [-0.3, -0.25) is 9.89 Å². The van der Waals surface area contributed by atoms with E-state index in [2.05, 4.69) is 41.3 Å². The van der Waals surface area contributed by atoms with Crippen LogP contribution in [0.1, 0.15) is 27.2 Å². The molecule has 0 aromatic heterocycles. The molecular weight excluding hydrogens is 292 g/mol. The lowest BCUT2D eigenvalue weighted by Crippen LogP contribution is -2.44. The quantitative estimate of drug-likeness (QED) is 0.358. The van der Waals surface area contributed by atoms with Crippen molar-refractivity contribution in [2.24, 2.45) is 16.8 Å². The summed E-state index contributed by atoms with van der Waals surface area (Å²) in [5.41, 5.74) is 0. The first-order valence-corrected chi connectivity index (χ1v) is 8.94. The Morgan fingerprint density at radius 1 is 1.22 bits per heavy atom. The topological polar surface area (TPSA) is 58.1 Å². The Bertz CT molecular complexity index is 318. The van der Waals surface area contributed by atoms with Crippen LogP contribution < -0.4 is 10.6 Å². The van der Waals surface area contributed by atoms with Gasteiger partial charge >= 0.3 is 0 Å². The first-order chi connectivity index (χ1) is 11.1. The third kappa shape index (κ3) is 10.5. The number of hydrogen-bond donors (Lipinski definition) is 2. The van der Waals surface area contributed by atoms with Gasteiger partial charge in [-0.05, 0) is 18.3 Å². The molecule has 0 radical (unpaired) electrons. The summed E-state index contributed by atoms with van der Waals surface area (Å²) in [4.78, 5) is 6.74. The molecule has 0 aromatic carbocycles. The summed E-state index contributed by atoms with van der Waals surface area (Å²) < 4.78 is 11.0. The molecular formula is C17H36N4O2. The summed E-state index contributed by atoms with van der Waals surface area (Å²) in [6, 6.07) is 0. The third-order valence-electron chi connectivity index (χ3n) is 3.72. The lowest BCUT2D eigenvalue weighted by atomic mass is 10.1. The van der Waals surface area contributed by atoms with Crippen LogP contribution in [-0.2, 0) is 9.47 Å². The van der Waals surface area contributed by atoms with Crippen LogP contribution in [0.2, 0.25) is 0 Å². The van der Waals surface area contributed by atoms with E-state index < -0.39 is 0 Å². The highest BCUT2D eigenvalue weighted by Crippen LogP contribution is 2.02. The van der Waals surface area contributed by atoms with E-state index in [0.29, 0.717) is 11.8 Å². The first kappa shape index (κ1) is 20.2. The molecule has 1 heterocycles. The normalized spacial score (nSPS) is 18.2.